The van der Waals surface area contributed by atoms with Gasteiger partial charge < -0.3 is 20.1 Å². The van der Waals surface area contributed by atoms with Crippen molar-refractivity contribution in [3.05, 3.63) is 23.3 Å². The molecule has 4 aliphatic carbocycles. The van der Waals surface area contributed by atoms with Crippen LogP contribution in [0.25, 0.3) is 0 Å². The molecule has 3 N–H and O–H groups in total. The van der Waals surface area contributed by atoms with E-state index in [4.69, 9.17) is 4.74 Å². The summed E-state index contributed by atoms with van der Waals surface area (Å²) in [5, 5.41) is 33.7. The van der Waals surface area contributed by atoms with Gasteiger partial charge in [0.2, 0.25) is 0 Å². The smallest absolute Gasteiger partial charge is 0.153 e. The lowest BCUT2D eigenvalue weighted by atomic mass is 9.59. The molecule has 0 aromatic heterocycles. The molecule has 5 heteroatoms. The van der Waals surface area contributed by atoms with Gasteiger partial charge in [-0.2, -0.15) is 0 Å². The quantitative estimate of drug-likeness (QED) is 0.648. The number of Topliss-reactive ketones (excluding diaryl/α,β-unsaturated/α-hetero) is 1. The lowest BCUT2D eigenvalue weighted by Gasteiger charge is -2.48. The minimum Gasteiger partial charge on any atom is -0.386 e. The molecular formula is C21H30O5. The molecule has 1 spiro atoms. The molecule has 0 heterocycles. The second-order valence-corrected chi connectivity index (χ2v) is 9.54. The Morgan fingerprint density at radius 2 is 1.92 bits per heavy atom. The molecule has 0 radical (unpaired) electrons. The molecule has 0 aromatic rings. The van der Waals surface area contributed by atoms with Crippen LogP contribution in [0.4, 0.5) is 0 Å². The van der Waals surface area contributed by atoms with Crippen LogP contribution >= 0.6 is 0 Å². The number of fused-ring (bicyclic) bond motifs is 3. The van der Waals surface area contributed by atoms with Crippen LogP contribution in [0, 0.1) is 34.5 Å². The fourth-order valence-corrected chi connectivity index (χ4v) is 6.58. The van der Waals surface area contributed by atoms with Gasteiger partial charge in [-0.3, -0.25) is 4.79 Å². The van der Waals surface area contributed by atoms with E-state index in [1.165, 1.54) is 7.11 Å². The van der Waals surface area contributed by atoms with E-state index in [1.807, 2.05) is 13.0 Å². The highest BCUT2D eigenvalue weighted by atomic mass is 16.5. The molecule has 26 heavy (non-hydrogen) atoms. The van der Waals surface area contributed by atoms with Gasteiger partial charge in [0.1, 0.15) is 17.8 Å². The summed E-state index contributed by atoms with van der Waals surface area (Å²) in [7, 11) is 1.53. The summed E-state index contributed by atoms with van der Waals surface area (Å²) in [6.07, 6.45) is 1.77. The van der Waals surface area contributed by atoms with Crippen molar-refractivity contribution in [1.29, 1.82) is 0 Å². The number of allylic oxidation sites excluding steroid dienone is 1. The number of rotatable bonds is 2. The van der Waals surface area contributed by atoms with Gasteiger partial charge in [-0.15, -0.1) is 0 Å². The number of aliphatic hydroxyl groups excluding tert-OH is 2. The van der Waals surface area contributed by atoms with Gasteiger partial charge in [0.15, 0.2) is 5.78 Å². The number of hydrogen-bond acceptors (Lipinski definition) is 5. The highest BCUT2D eigenvalue weighted by molar-refractivity contribution is 5.95. The molecular weight excluding hydrogens is 332 g/mol. The van der Waals surface area contributed by atoms with Crippen LogP contribution in [0.15, 0.2) is 23.3 Å². The molecule has 0 saturated heterocycles. The Balaban J connectivity index is 1.97. The molecule has 4 aliphatic rings. The Morgan fingerprint density at radius 3 is 2.54 bits per heavy atom. The number of methoxy groups -OCH3 is 1. The molecule has 0 aliphatic heterocycles. The second kappa shape index (κ2) is 5.28. The zero-order chi connectivity index (χ0) is 19.2. The van der Waals surface area contributed by atoms with Crippen LogP contribution in [0.2, 0.25) is 0 Å². The van der Waals surface area contributed by atoms with Crippen LogP contribution < -0.4 is 0 Å². The van der Waals surface area contributed by atoms with Gasteiger partial charge in [0, 0.05) is 13.0 Å². The Kier molecular flexibility index (Phi) is 3.73. The van der Waals surface area contributed by atoms with Crippen molar-refractivity contribution in [1.82, 2.24) is 0 Å². The van der Waals surface area contributed by atoms with Crippen molar-refractivity contribution in [3.63, 3.8) is 0 Å². The second-order valence-electron chi connectivity index (χ2n) is 9.54. The molecule has 2 bridgehead atoms. The van der Waals surface area contributed by atoms with Gasteiger partial charge in [0.25, 0.3) is 0 Å². The minimum absolute atomic E-state index is 0.0633. The van der Waals surface area contributed by atoms with Crippen molar-refractivity contribution in [3.8, 4) is 0 Å². The first-order valence-electron chi connectivity index (χ1n) is 9.56. The zero-order valence-electron chi connectivity index (χ0n) is 16.2. The Hall–Kier alpha value is -1.01. The zero-order valence-corrected chi connectivity index (χ0v) is 16.2. The third-order valence-corrected chi connectivity index (χ3v) is 8.06. The lowest BCUT2D eigenvalue weighted by molar-refractivity contribution is -0.190. The highest BCUT2D eigenvalue weighted by Crippen LogP contribution is 2.71. The molecule has 8 atom stereocenters. The van der Waals surface area contributed by atoms with Gasteiger partial charge >= 0.3 is 0 Å². The molecule has 5 nitrogen and oxygen atoms in total. The number of aliphatic hydroxyl groups is 3. The topological polar surface area (TPSA) is 87.0 Å². The van der Waals surface area contributed by atoms with E-state index in [0.717, 1.165) is 6.42 Å². The van der Waals surface area contributed by atoms with Crippen LogP contribution in [0.1, 0.15) is 34.1 Å². The normalized spacial score (nSPS) is 51.6. The lowest BCUT2D eigenvalue weighted by Crippen LogP contribution is -2.65. The van der Waals surface area contributed by atoms with Crippen molar-refractivity contribution in [2.24, 2.45) is 34.5 Å². The number of ketones is 1. The van der Waals surface area contributed by atoms with Crippen molar-refractivity contribution in [2.75, 3.05) is 13.7 Å². The Morgan fingerprint density at radius 1 is 1.27 bits per heavy atom. The average Bonchev–Trinajstić information content (AvgIpc) is 3.07. The van der Waals surface area contributed by atoms with Crippen LogP contribution in [-0.4, -0.2) is 52.6 Å². The third-order valence-electron chi connectivity index (χ3n) is 8.06. The Bertz CT molecular complexity index is 722. The standard InChI is InChI=1S/C21H30O5/c1-10-8-20-11(2)6-14-15(19(14,3)4)13(18(20)24)7-12(9-26-5)17(23)21(20,25)16(10)22/h7-8,11,13-17,22-23,25H,6,9H2,1-5H3/t11-,13+,14-,15+,16+,17-,20-,21-/m1/s1. The maximum Gasteiger partial charge on any atom is 0.153 e. The molecule has 4 rings (SSSR count). The van der Waals surface area contributed by atoms with E-state index >= 15 is 0 Å². The third kappa shape index (κ3) is 1.83. The number of ether oxygens (including phenoxy) is 1. The summed E-state index contributed by atoms with van der Waals surface area (Å²) < 4.78 is 5.25. The molecule has 0 amide bonds. The Labute approximate surface area is 154 Å². The van der Waals surface area contributed by atoms with Crippen molar-refractivity contribution in [2.45, 2.75) is 51.9 Å². The first kappa shape index (κ1) is 18.4. The number of hydrogen-bond donors (Lipinski definition) is 3. The number of carbonyl (C=O) groups is 1. The predicted octanol–water partition coefficient (Wildman–Crippen LogP) is 1.47. The van der Waals surface area contributed by atoms with E-state index in [-0.39, 0.29) is 35.6 Å². The van der Waals surface area contributed by atoms with E-state index < -0.39 is 23.2 Å². The van der Waals surface area contributed by atoms with Gasteiger partial charge in [0.05, 0.1) is 12.0 Å². The first-order valence-corrected chi connectivity index (χ1v) is 9.56. The van der Waals surface area contributed by atoms with E-state index in [1.54, 1.807) is 13.0 Å². The molecule has 2 fully saturated rings. The predicted molar refractivity (Wildman–Crippen MR) is 96.2 cm³/mol. The fraction of sp³-hybridized carbons (Fsp3) is 0.762. The van der Waals surface area contributed by atoms with Crippen LogP contribution in [0.5, 0.6) is 0 Å². The monoisotopic (exact) mass is 362 g/mol. The highest BCUT2D eigenvalue weighted by Gasteiger charge is 2.75. The SMILES string of the molecule is COCC1=C[C@@H]2C(=O)[C@@]3(C=C(C)[C@H](O)[C@@]3(O)[C@@H]1O)[C@H](C)C[C@@H]1[C@H]2C1(C)C. The summed E-state index contributed by atoms with van der Waals surface area (Å²) in [5.41, 5.74) is -2.11. The first-order chi connectivity index (χ1) is 12.0. The van der Waals surface area contributed by atoms with E-state index in [9.17, 15) is 20.1 Å². The largest absolute Gasteiger partial charge is 0.386 e. The molecule has 0 aromatic carbocycles. The summed E-state index contributed by atoms with van der Waals surface area (Å²) in [6, 6.07) is 0. The summed E-state index contributed by atoms with van der Waals surface area (Å²) in [5.74, 6) is -0.00688. The molecule has 144 valence electrons. The number of carbonyl (C=O) groups excluding carboxylic acids is 1. The summed E-state index contributed by atoms with van der Waals surface area (Å²) in [6.45, 7) is 8.22. The van der Waals surface area contributed by atoms with E-state index in [2.05, 4.69) is 13.8 Å². The summed E-state index contributed by atoms with van der Waals surface area (Å²) >= 11 is 0. The van der Waals surface area contributed by atoms with Crippen LogP contribution in [0.3, 0.4) is 0 Å². The van der Waals surface area contributed by atoms with E-state index in [0.29, 0.717) is 17.1 Å². The van der Waals surface area contributed by atoms with Gasteiger partial charge in [-0.05, 0) is 47.7 Å². The fourth-order valence-electron chi connectivity index (χ4n) is 6.58. The molecule has 0 unspecified atom stereocenters. The summed E-state index contributed by atoms with van der Waals surface area (Å²) in [4.78, 5) is 13.9. The maximum atomic E-state index is 13.9. The average molecular weight is 362 g/mol. The molecule has 2 saturated carbocycles. The van der Waals surface area contributed by atoms with Crippen LogP contribution in [-0.2, 0) is 9.53 Å². The maximum absolute atomic E-state index is 13.9. The van der Waals surface area contributed by atoms with Gasteiger partial charge in [-0.25, -0.2) is 0 Å². The van der Waals surface area contributed by atoms with Crippen molar-refractivity contribution < 1.29 is 24.9 Å². The van der Waals surface area contributed by atoms with Gasteiger partial charge in [-0.1, -0.05) is 32.9 Å². The van der Waals surface area contributed by atoms with Crippen molar-refractivity contribution >= 4 is 5.78 Å². The minimum atomic E-state index is -1.95.